The highest BCUT2D eigenvalue weighted by atomic mass is 35.5. The minimum absolute atomic E-state index is 0.217. The summed E-state index contributed by atoms with van der Waals surface area (Å²) in [6.45, 7) is 2.10. The molecule has 0 saturated carbocycles. The van der Waals surface area contributed by atoms with Gasteiger partial charge in [0.1, 0.15) is 0 Å². The van der Waals surface area contributed by atoms with E-state index in [1.165, 1.54) is 12.2 Å². The van der Waals surface area contributed by atoms with E-state index < -0.39 is 17.4 Å². The molecule has 2 atom stereocenters. The Kier molecular flexibility index (Phi) is 4.68. The highest BCUT2D eigenvalue weighted by molar-refractivity contribution is 6.30. The largest absolute Gasteiger partial charge is 0.366 e. The maximum absolute atomic E-state index is 12.4. The normalized spacial score (nSPS) is 23.8. The lowest BCUT2D eigenvalue weighted by molar-refractivity contribution is -0.128. The molecule has 0 fully saturated rings. The number of primary amides is 1. The maximum Gasteiger partial charge on any atom is 0.248 e. The molecule has 0 aromatic heterocycles. The van der Waals surface area contributed by atoms with Crippen molar-refractivity contribution < 1.29 is 9.59 Å². The summed E-state index contributed by atoms with van der Waals surface area (Å²) in [6, 6.07) is 6.59. The number of hydrogen-bond acceptors (Lipinski definition) is 3. The lowest BCUT2D eigenvalue weighted by atomic mass is 9.77. The second-order valence-corrected chi connectivity index (χ2v) is 5.87. The highest BCUT2D eigenvalue weighted by Crippen LogP contribution is 2.29. The molecule has 0 radical (unpaired) electrons. The van der Waals surface area contributed by atoms with Crippen LogP contribution in [-0.4, -0.2) is 17.9 Å². The quantitative estimate of drug-likeness (QED) is 0.779. The van der Waals surface area contributed by atoms with Crippen molar-refractivity contribution in [3.05, 3.63) is 58.7 Å². The fourth-order valence-corrected chi connectivity index (χ4v) is 2.29. The van der Waals surface area contributed by atoms with Crippen LogP contribution in [0.2, 0.25) is 5.02 Å². The van der Waals surface area contributed by atoms with Crippen molar-refractivity contribution in [1.29, 1.82) is 0 Å². The van der Waals surface area contributed by atoms with Crippen LogP contribution >= 0.6 is 11.6 Å². The molecule has 0 aliphatic heterocycles. The molecule has 0 heterocycles. The summed E-state index contributed by atoms with van der Waals surface area (Å²) in [6.07, 6.45) is 4.67. The Bertz CT molecular complexity index is 652. The SMILES string of the molecule is CC1(C(=O)NCc2ccc(Cl)cc2)C=CC(C(N)=O)=CC1N. The van der Waals surface area contributed by atoms with Crippen LogP contribution in [0, 0.1) is 5.41 Å². The van der Waals surface area contributed by atoms with Gasteiger partial charge >= 0.3 is 0 Å². The molecule has 1 aliphatic carbocycles. The first-order valence-electron chi connectivity index (χ1n) is 6.82. The summed E-state index contributed by atoms with van der Waals surface area (Å²) in [4.78, 5) is 23.6. The molecule has 0 bridgehead atoms. The van der Waals surface area contributed by atoms with Gasteiger partial charge in [0, 0.05) is 23.2 Å². The van der Waals surface area contributed by atoms with Gasteiger partial charge in [0.15, 0.2) is 0 Å². The lowest BCUT2D eigenvalue weighted by Crippen LogP contribution is -2.49. The van der Waals surface area contributed by atoms with Gasteiger partial charge in [-0.1, -0.05) is 42.0 Å². The number of benzene rings is 1. The van der Waals surface area contributed by atoms with Crippen molar-refractivity contribution in [3.8, 4) is 0 Å². The Morgan fingerprint density at radius 3 is 2.50 bits per heavy atom. The monoisotopic (exact) mass is 319 g/mol. The second-order valence-electron chi connectivity index (χ2n) is 5.44. The third kappa shape index (κ3) is 3.37. The number of rotatable bonds is 4. The Labute approximate surface area is 134 Å². The van der Waals surface area contributed by atoms with Gasteiger partial charge in [-0.3, -0.25) is 9.59 Å². The van der Waals surface area contributed by atoms with Gasteiger partial charge in [-0.2, -0.15) is 0 Å². The van der Waals surface area contributed by atoms with E-state index >= 15 is 0 Å². The molecule has 5 nitrogen and oxygen atoms in total. The molecule has 2 rings (SSSR count). The summed E-state index contributed by atoms with van der Waals surface area (Å²) in [5.41, 5.74) is 11.6. The van der Waals surface area contributed by atoms with Crippen LogP contribution in [0.15, 0.2) is 48.1 Å². The van der Waals surface area contributed by atoms with Crippen molar-refractivity contribution in [2.75, 3.05) is 0 Å². The first kappa shape index (κ1) is 16.3. The van der Waals surface area contributed by atoms with Gasteiger partial charge < -0.3 is 16.8 Å². The summed E-state index contributed by atoms with van der Waals surface area (Å²) in [5, 5.41) is 3.49. The number of halogens is 1. The molecular weight excluding hydrogens is 302 g/mol. The lowest BCUT2D eigenvalue weighted by Gasteiger charge is -2.32. The molecule has 1 aliphatic rings. The Balaban J connectivity index is 2.05. The van der Waals surface area contributed by atoms with E-state index in [1.54, 1.807) is 25.1 Å². The summed E-state index contributed by atoms with van der Waals surface area (Å²) in [5.74, 6) is -0.777. The van der Waals surface area contributed by atoms with Crippen LogP contribution in [0.4, 0.5) is 0 Å². The van der Waals surface area contributed by atoms with Gasteiger partial charge in [-0.15, -0.1) is 0 Å². The van der Waals surface area contributed by atoms with E-state index in [1.807, 2.05) is 12.1 Å². The smallest absolute Gasteiger partial charge is 0.248 e. The number of nitrogens with two attached hydrogens (primary N) is 2. The van der Waals surface area contributed by atoms with Crippen LogP contribution < -0.4 is 16.8 Å². The van der Waals surface area contributed by atoms with Crippen molar-refractivity contribution in [2.24, 2.45) is 16.9 Å². The minimum Gasteiger partial charge on any atom is -0.366 e. The van der Waals surface area contributed by atoms with Crippen molar-refractivity contribution in [2.45, 2.75) is 19.5 Å². The van der Waals surface area contributed by atoms with Gasteiger partial charge in [0.05, 0.1) is 5.41 Å². The van der Waals surface area contributed by atoms with E-state index in [4.69, 9.17) is 23.1 Å². The average Bonchev–Trinajstić information content (AvgIpc) is 2.49. The van der Waals surface area contributed by atoms with Crippen LogP contribution in [0.5, 0.6) is 0 Å². The number of nitrogens with one attached hydrogen (secondary N) is 1. The van der Waals surface area contributed by atoms with Crippen LogP contribution in [-0.2, 0) is 16.1 Å². The van der Waals surface area contributed by atoms with E-state index in [0.717, 1.165) is 5.56 Å². The zero-order valence-corrected chi connectivity index (χ0v) is 12.9. The average molecular weight is 320 g/mol. The minimum atomic E-state index is -0.925. The molecular formula is C16H18ClN3O2. The molecule has 22 heavy (non-hydrogen) atoms. The summed E-state index contributed by atoms with van der Waals surface area (Å²) >= 11 is 5.82. The molecule has 2 amide bonds. The maximum atomic E-state index is 12.4. The standard InChI is InChI=1S/C16H18ClN3O2/c1-16(7-6-11(14(19)21)8-13(16)18)15(22)20-9-10-2-4-12(17)5-3-10/h2-8,13H,9,18H2,1H3,(H2,19,21)(H,20,22). The third-order valence-corrected chi connectivity index (χ3v) is 4.05. The number of carbonyl (C=O) groups is 2. The van der Waals surface area contributed by atoms with E-state index in [-0.39, 0.29) is 5.91 Å². The molecule has 5 N–H and O–H groups in total. The van der Waals surface area contributed by atoms with Crippen molar-refractivity contribution in [1.82, 2.24) is 5.32 Å². The zero-order chi connectivity index (χ0) is 16.3. The molecule has 116 valence electrons. The zero-order valence-electron chi connectivity index (χ0n) is 12.2. The van der Waals surface area contributed by atoms with Gasteiger partial charge in [0.2, 0.25) is 11.8 Å². The fourth-order valence-electron chi connectivity index (χ4n) is 2.16. The van der Waals surface area contributed by atoms with Crippen LogP contribution in [0.3, 0.4) is 0 Å². The van der Waals surface area contributed by atoms with E-state index in [9.17, 15) is 9.59 Å². The Morgan fingerprint density at radius 1 is 1.32 bits per heavy atom. The first-order chi connectivity index (χ1) is 10.3. The van der Waals surface area contributed by atoms with Crippen LogP contribution in [0.1, 0.15) is 12.5 Å². The predicted molar refractivity (Wildman–Crippen MR) is 85.8 cm³/mol. The fraction of sp³-hybridized carbons (Fsp3) is 0.250. The topological polar surface area (TPSA) is 98.2 Å². The number of carbonyl (C=O) groups excluding carboxylic acids is 2. The molecule has 6 heteroatoms. The van der Waals surface area contributed by atoms with Gasteiger partial charge in [-0.25, -0.2) is 0 Å². The van der Waals surface area contributed by atoms with Crippen molar-refractivity contribution in [3.63, 3.8) is 0 Å². The van der Waals surface area contributed by atoms with E-state index in [2.05, 4.69) is 5.32 Å². The molecule has 1 aromatic carbocycles. The molecule has 1 aromatic rings. The Hall–Kier alpha value is -2.11. The molecule has 0 saturated heterocycles. The molecule has 0 spiro atoms. The van der Waals surface area contributed by atoms with Gasteiger partial charge in [0.25, 0.3) is 0 Å². The second kappa shape index (κ2) is 6.34. The van der Waals surface area contributed by atoms with E-state index in [0.29, 0.717) is 17.1 Å². The number of amides is 2. The predicted octanol–water partition coefficient (Wildman–Crippen LogP) is 1.27. The van der Waals surface area contributed by atoms with Crippen molar-refractivity contribution >= 4 is 23.4 Å². The number of hydrogen-bond donors (Lipinski definition) is 3. The highest BCUT2D eigenvalue weighted by Gasteiger charge is 2.38. The summed E-state index contributed by atoms with van der Waals surface area (Å²) in [7, 11) is 0. The van der Waals surface area contributed by atoms with Crippen LogP contribution in [0.25, 0.3) is 0 Å². The molecule has 2 unspecified atom stereocenters. The summed E-state index contributed by atoms with van der Waals surface area (Å²) < 4.78 is 0. The third-order valence-electron chi connectivity index (χ3n) is 3.80. The van der Waals surface area contributed by atoms with Gasteiger partial charge in [-0.05, 0) is 24.6 Å². The Morgan fingerprint density at radius 2 is 1.95 bits per heavy atom. The first-order valence-corrected chi connectivity index (χ1v) is 7.20.